The first-order valence-electron chi connectivity index (χ1n) is 6.90. The van der Waals surface area contributed by atoms with Crippen LogP contribution in [-0.4, -0.2) is 34.0 Å². The molecule has 0 bridgehead atoms. The number of aromatic amines is 1. The molecule has 1 fully saturated rings. The number of hydrogen-bond acceptors (Lipinski definition) is 6. The van der Waals surface area contributed by atoms with E-state index >= 15 is 0 Å². The summed E-state index contributed by atoms with van der Waals surface area (Å²) < 4.78 is 4.79. The standard InChI is InChI=1S/C14H16N4O4/c1-14(12(19)22-2)6-8(7-14)15-13-16-10-4-3-9(18(20)21)5-11(10)17-13/h3-5,8H,6-7H2,1-2H3,(H2,15,16,17). The monoisotopic (exact) mass is 304 g/mol. The Bertz CT molecular complexity index is 748. The second-order valence-corrected chi connectivity index (χ2v) is 5.85. The fourth-order valence-electron chi connectivity index (χ4n) is 2.92. The molecule has 1 aliphatic carbocycles. The van der Waals surface area contributed by atoms with Gasteiger partial charge in [0.1, 0.15) is 0 Å². The molecule has 1 aliphatic rings. The number of carbonyl (C=O) groups is 1. The fraction of sp³-hybridized carbons (Fsp3) is 0.429. The van der Waals surface area contributed by atoms with E-state index in [1.807, 2.05) is 6.92 Å². The third-order valence-corrected chi connectivity index (χ3v) is 4.09. The number of rotatable bonds is 4. The van der Waals surface area contributed by atoms with Crippen LogP contribution >= 0.6 is 0 Å². The van der Waals surface area contributed by atoms with Crippen LogP contribution in [0.4, 0.5) is 11.6 Å². The lowest BCUT2D eigenvalue weighted by molar-refractivity contribution is -0.384. The van der Waals surface area contributed by atoms with Gasteiger partial charge in [0.25, 0.3) is 5.69 Å². The van der Waals surface area contributed by atoms with Crippen molar-refractivity contribution in [2.24, 2.45) is 5.41 Å². The van der Waals surface area contributed by atoms with Crippen molar-refractivity contribution in [3.8, 4) is 0 Å². The van der Waals surface area contributed by atoms with E-state index in [4.69, 9.17) is 4.74 Å². The summed E-state index contributed by atoms with van der Waals surface area (Å²) in [5.74, 6) is 0.346. The van der Waals surface area contributed by atoms with Gasteiger partial charge < -0.3 is 15.0 Å². The minimum absolute atomic E-state index is 0.0182. The number of nitrogens with zero attached hydrogens (tertiary/aromatic N) is 2. The fourth-order valence-corrected chi connectivity index (χ4v) is 2.92. The van der Waals surface area contributed by atoms with Crippen molar-refractivity contribution in [3.05, 3.63) is 28.3 Å². The Morgan fingerprint density at radius 3 is 2.91 bits per heavy atom. The quantitative estimate of drug-likeness (QED) is 0.509. The highest BCUT2D eigenvalue weighted by Gasteiger charge is 2.47. The topological polar surface area (TPSA) is 110 Å². The number of H-pyrrole nitrogens is 1. The van der Waals surface area contributed by atoms with Gasteiger partial charge in [-0.1, -0.05) is 0 Å². The highest BCUT2D eigenvalue weighted by Crippen LogP contribution is 2.42. The maximum Gasteiger partial charge on any atom is 0.311 e. The van der Waals surface area contributed by atoms with Crippen LogP contribution in [0.5, 0.6) is 0 Å². The van der Waals surface area contributed by atoms with E-state index in [9.17, 15) is 14.9 Å². The average Bonchev–Trinajstić information content (AvgIpc) is 2.85. The molecule has 1 aromatic carbocycles. The highest BCUT2D eigenvalue weighted by atomic mass is 16.6. The number of nitro benzene ring substituents is 1. The number of carbonyl (C=O) groups excluding carboxylic acids is 1. The van der Waals surface area contributed by atoms with Crippen molar-refractivity contribution in [3.63, 3.8) is 0 Å². The van der Waals surface area contributed by atoms with Gasteiger partial charge in [0.05, 0.1) is 28.5 Å². The van der Waals surface area contributed by atoms with Crippen LogP contribution in [0.1, 0.15) is 19.8 Å². The van der Waals surface area contributed by atoms with Crippen molar-refractivity contribution in [2.75, 3.05) is 12.4 Å². The Morgan fingerprint density at radius 1 is 1.55 bits per heavy atom. The van der Waals surface area contributed by atoms with Crippen molar-refractivity contribution in [1.82, 2.24) is 9.97 Å². The number of methoxy groups -OCH3 is 1. The number of benzene rings is 1. The molecular formula is C14H16N4O4. The van der Waals surface area contributed by atoms with Crippen molar-refractivity contribution in [2.45, 2.75) is 25.8 Å². The summed E-state index contributed by atoms with van der Waals surface area (Å²) in [7, 11) is 1.39. The zero-order chi connectivity index (χ0) is 15.9. The molecule has 0 saturated heterocycles. The predicted molar refractivity (Wildman–Crippen MR) is 79.5 cm³/mol. The highest BCUT2D eigenvalue weighted by molar-refractivity contribution is 5.80. The van der Waals surface area contributed by atoms with E-state index < -0.39 is 10.3 Å². The van der Waals surface area contributed by atoms with E-state index in [1.54, 1.807) is 6.07 Å². The van der Waals surface area contributed by atoms with E-state index in [-0.39, 0.29) is 17.7 Å². The molecule has 2 N–H and O–H groups in total. The number of anilines is 1. The Balaban J connectivity index is 1.71. The van der Waals surface area contributed by atoms with E-state index in [0.29, 0.717) is 29.8 Å². The summed E-state index contributed by atoms with van der Waals surface area (Å²) in [5.41, 5.74) is 0.830. The molecule has 0 unspecified atom stereocenters. The van der Waals surface area contributed by atoms with E-state index in [0.717, 1.165) is 0 Å². The molecule has 0 amide bonds. The molecular weight excluding hydrogens is 288 g/mol. The minimum atomic E-state index is -0.447. The first-order valence-corrected chi connectivity index (χ1v) is 6.90. The summed E-state index contributed by atoms with van der Waals surface area (Å²) >= 11 is 0. The molecule has 1 aromatic heterocycles. The van der Waals surface area contributed by atoms with E-state index in [2.05, 4.69) is 15.3 Å². The van der Waals surface area contributed by atoms with Gasteiger partial charge in [0, 0.05) is 18.2 Å². The van der Waals surface area contributed by atoms with Gasteiger partial charge in [-0.15, -0.1) is 0 Å². The zero-order valence-electron chi connectivity index (χ0n) is 12.3. The molecule has 2 aromatic rings. The van der Waals surface area contributed by atoms with Crippen molar-refractivity contribution < 1.29 is 14.5 Å². The van der Waals surface area contributed by atoms with Gasteiger partial charge in [0.15, 0.2) is 0 Å². The molecule has 1 heterocycles. The molecule has 0 radical (unpaired) electrons. The number of nitrogens with one attached hydrogen (secondary N) is 2. The van der Waals surface area contributed by atoms with Crippen LogP contribution in [-0.2, 0) is 9.53 Å². The number of imidazole rings is 1. The summed E-state index contributed by atoms with van der Waals surface area (Å²) in [5, 5.41) is 14.0. The largest absolute Gasteiger partial charge is 0.469 e. The first-order chi connectivity index (χ1) is 10.4. The normalized spacial score (nSPS) is 23.8. The van der Waals surface area contributed by atoms with Crippen LogP contribution in [0, 0.1) is 15.5 Å². The van der Waals surface area contributed by atoms with Crippen LogP contribution in [0.25, 0.3) is 11.0 Å². The summed E-state index contributed by atoms with van der Waals surface area (Å²) in [6.45, 7) is 1.87. The molecule has 22 heavy (non-hydrogen) atoms. The average molecular weight is 304 g/mol. The third-order valence-electron chi connectivity index (χ3n) is 4.09. The Hall–Kier alpha value is -2.64. The Morgan fingerprint density at radius 2 is 2.27 bits per heavy atom. The van der Waals surface area contributed by atoms with Crippen molar-refractivity contribution in [1.29, 1.82) is 0 Å². The lowest BCUT2D eigenvalue weighted by Crippen LogP contribution is -2.48. The molecule has 1 saturated carbocycles. The maximum atomic E-state index is 11.6. The molecule has 116 valence electrons. The minimum Gasteiger partial charge on any atom is -0.469 e. The second-order valence-electron chi connectivity index (χ2n) is 5.85. The van der Waals surface area contributed by atoms with Gasteiger partial charge in [-0.3, -0.25) is 14.9 Å². The Labute approximate surface area is 126 Å². The number of aromatic nitrogens is 2. The van der Waals surface area contributed by atoms with Gasteiger partial charge in [-0.2, -0.15) is 0 Å². The first kappa shape index (κ1) is 14.3. The number of fused-ring (bicyclic) bond motifs is 1. The number of hydrogen-bond donors (Lipinski definition) is 2. The second kappa shape index (κ2) is 4.97. The van der Waals surface area contributed by atoms with Crippen LogP contribution in [0.2, 0.25) is 0 Å². The zero-order valence-corrected chi connectivity index (χ0v) is 12.3. The number of non-ortho nitro benzene ring substituents is 1. The Kier molecular flexibility index (Phi) is 3.23. The van der Waals surface area contributed by atoms with Gasteiger partial charge in [-0.25, -0.2) is 4.98 Å². The summed E-state index contributed by atoms with van der Waals surface area (Å²) in [6.07, 6.45) is 1.33. The van der Waals surface area contributed by atoms with Crippen LogP contribution < -0.4 is 5.32 Å². The summed E-state index contributed by atoms with van der Waals surface area (Å²) in [6, 6.07) is 4.60. The summed E-state index contributed by atoms with van der Waals surface area (Å²) in [4.78, 5) is 29.3. The molecule has 0 atom stereocenters. The van der Waals surface area contributed by atoms with Crippen molar-refractivity contribution >= 4 is 28.6 Å². The van der Waals surface area contributed by atoms with Gasteiger partial charge >= 0.3 is 5.97 Å². The van der Waals surface area contributed by atoms with Gasteiger partial charge in [-0.05, 0) is 25.8 Å². The van der Waals surface area contributed by atoms with E-state index in [1.165, 1.54) is 19.2 Å². The maximum absolute atomic E-state index is 11.6. The lowest BCUT2D eigenvalue weighted by atomic mass is 9.67. The molecule has 0 spiro atoms. The SMILES string of the molecule is COC(=O)C1(C)CC(Nc2nc3ccc([N+](=O)[O-])cc3[nH]2)C1. The number of nitro groups is 1. The number of esters is 1. The predicted octanol–water partition coefficient (Wildman–Crippen LogP) is 2.22. The molecule has 0 aliphatic heterocycles. The number of ether oxygens (including phenoxy) is 1. The third kappa shape index (κ3) is 2.36. The van der Waals surface area contributed by atoms with Crippen LogP contribution in [0.15, 0.2) is 18.2 Å². The molecule has 8 heteroatoms. The van der Waals surface area contributed by atoms with Gasteiger partial charge in [0.2, 0.25) is 5.95 Å². The lowest BCUT2D eigenvalue weighted by Gasteiger charge is -2.42. The molecule has 3 rings (SSSR count). The smallest absolute Gasteiger partial charge is 0.311 e. The molecule has 8 nitrogen and oxygen atoms in total. The van der Waals surface area contributed by atoms with Crippen LogP contribution in [0.3, 0.4) is 0 Å².